The van der Waals surface area contributed by atoms with E-state index in [2.05, 4.69) is 10.3 Å². The number of anilines is 1. The van der Waals surface area contributed by atoms with E-state index in [1.807, 2.05) is 57.2 Å². The molecule has 0 unspecified atom stereocenters. The maximum absolute atomic E-state index is 12.5. The van der Waals surface area contributed by atoms with Crippen molar-refractivity contribution >= 4 is 34.1 Å². The number of nitrogens with one attached hydrogen (secondary N) is 1. The highest BCUT2D eigenvalue weighted by Crippen LogP contribution is 2.30. The zero-order chi connectivity index (χ0) is 16.6. The molecule has 116 valence electrons. The number of fused-ring (bicyclic) bond motifs is 1. The molecule has 2 aromatic carbocycles. The number of hydrogen-bond acceptors (Lipinski definition) is 2. The molecule has 3 aromatic rings. The molecule has 3 nitrogen and oxygen atoms in total. The van der Waals surface area contributed by atoms with Crippen LogP contribution in [-0.4, -0.2) is 10.9 Å². The van der Waals surface area contributed by atoms with Crippen LogP contribution >= 0.6 is 11.6 Å². The third-order valence-corrected chi connectivity index (χ3v) is 4.23. The third kappa shape index (κ3) is 3.06. The first-order chi connectivity index (χ1) is 11.0. The van der Waals surface area contributed by atoms with Crippen molar-refractivity contribution < 1.29 is 4.79 Å². The summed E-state index contributed by atoms with van der Waals surface area (Å²) in [4.78, 5) is 17.1. The zero-order valence-corrected chi connectivity index (χ0v) is 14.0. The number of carbonyl (C=O) groups excluding carboxylic acids is 1. The number of hydrogen-bond donors (Lipinski definition) is 1. The van der Waals surface area contributed by atoms with Crippen molar-refractivity contribution in [2.75, 3.05) is 5.32 Å². The minimum Gasteiger partial charge on any atom is -0.321 e. The Morgan fingerprint density at radius 3 is 2.61 bits per heavy atom. The van der Waals surface area contributed by atoms with Gasteiger partial charge in [-0.05, 0) is 56.7 Å². The monoisotopic (exact) mass is 324 g/mol. The second-order valence-corrected chi connectivity index (χ2v) is 6.11. The van der Waals surface area contributed by atoms with Gasteiger partial charge in [-0.15, -0.1) is 0 Å². The molecular formula is C19H17ClN2O. The van der Waals surface area contributed by atoms with Gasteiger partial charge in [-0.2, -0.15) is 0 Å². The quantitative estimate of drug-likeness (QED) is 0.715. The molecule has 0 aliphatic carbocycles. The van der Waals surface area contributed by atoms with Crippen molar-refractivity contribution in [2.45, 2.75) is 20.8 Å². The molecule has 1 N–H and O–H groups in total. The topological polar surface area (TPSA) is 42.0 Å². The Morgan fingerprint density at radius 1 is 1.09 bits per heavy atom. The van der Waals surface area contributed by atoms with Gasteiger partial charge in [0.15, 0.2) is 0 Å². The Bertz CT molecular complexity index is 919. The molecule has 0 atom stereocenters. The molecule has 0 aliphatic heterocycles. The average molecular weight is 325 g/mol. The molecule has 1 amide bonds. The maximum atomic E-state index is 12.5. The molecule has 1 aromatic heterocycles. The number of halogens is 1. The highest BCUT2D eigenvalue weighted by Gasteiger charge is 2.12. The van der Waals surface area contributed by atoms with E-state index >= 15 is 0 Å². The number of aromatic nitrogens is 1. The lowest BCUT2D eigenvalue weighted by atomic mass is 10.1. The van der Waals surface area contributed by atoms with Crippen LogP contribution in [-0.2, 0) is 0 Å². The first-order valence-corrected chi connectivity index (χ1v) is 7.78. The molecule has 0 radical (unpaired) electrons. The smallest absolute Gasteiger partial charge is 0.255 e. The summed E-state index contributed by atoms with van der Waals surface area (Å²) >= 11 is 6.18. The SMILES string of the molecule is Cc1cccc(C(=O)Nc2cc(C)nc3c(C)c(Cl)ccc23)c1. The van der Waals surface area contributed by atoms with E-state index in [0.717, 1.165) is 33.4 Å². The van der Waals surface area contributed by atoms with Crippen LogP contribution < -0.4 is 5.32 Å². The van der Waals surface area contributed by atoms with Crippen LogP contribution in [0.25, 0.3) is 10.9 Å². The standard InChI is InChI=1S/C19H17ClN2O/c1-11-5-4-6-14(9-11)19(23)22-17-10-12(2)21-18-13(3)16(20)8-7-15(17)18/h4-10H,1-3H3,(H,21,22,23). The fraction of sp³-hybridized carbons (Fsp3) is 0.158. The highest BCUT2D eigenvalue weighted by atomic mass is 35.5. The number of rotatable bonds is 2. The predicted octanol–water partition coefficient (Wildman–Crippen LogP) is 5.07. The lowest BCUT2D eigenvalue weighted by Crippen LogP contribution is -2.12. The number of carbonyl (C=O) groups is 1. The normalized spacial score (nSPS) is 10.8. The van der Waals surface area contributed by atoms with Crippen LogP contribution in [0.4, 0.5) is 5.69 Å². The van der Waals surface area contributed by atoms with Gasteiger partial charge in [0.2, 0.25) is 0 Å². The van der Waals surface area contributed by atoms with E-state index in [-0.39, 0.29) is 5.91 Å². The predicted molar refractivity (Wildman–Crippen MR) is 95.4 cm³/mol. The summed E-state index contributed by atoms with van der Waals surface area (Å²) in [5.74, 6) is -0.131. The molecule has 0 saturated heterocycles. The Morgan fingerprint density at radius 2 is 1.87 bits per heavy atom. The Labute approximate surface area is 140 Å². The van der Waals surface area contributed by atoms with E-state index in [4.69, 9.17) is 11.6 Å². The maximum Gasteiger partial charge on any atom is 0.255 e. The largest absolute Gasteiger partial charge is 0.321 e. The first-order valence-electron chi connectivity index (χ1n) is 7.40. The Kier molecular flexibility index (Phi) is 4.05. The average Bonchev–Trinajstić information content (AvgIpc) is 2.51. The van der Waals surface area contributed by atoms with Gasteiger partial charge < -0.3 is 5.32 Å². The van der Waals surface area contributed by atoms with Gasteiger partial charge in [0.05, 0.1) is 11.2 Å². The third-order valence-electron chi connectivity index (χ3n) is 3.82. The second kappa shape index (κ2) is 6.01. The van der Waals surface area contributed by atoms with Crippen molar-refractivity contribution in [3.63, 3.8) is 0 Å². The van der Waals surface area contributed by atoms with Crippen LogP contribution in [0.5, 0.6) is 0 Å². The number of pyridine rings is 1. The van der Waals surface area contributed by atoms with Gasteiger partial charge in [0.1, 0.15) is 0 Å². The van der Waals surface area contributed by atoms with E-state index in [0.29, 0.717) is 10.6 Å². The molecule has 0 fully saturated rings. The molecule has 0 aliphatic rings. The summed E-state index contributed by atoms with van der Waals surface area (Å²) in [5.41, 5.74) is 5.01. The van der Waals surface area contributed by atoms with Gasteiger partial charge >= 0.3 is 0 Å². The van der Waals surface area contributed by atoms with Crippen LogP contribution in [0.15, 0.2) is 42.5 Å². The Balaban J connectivity index is 2.06. The number of amides is 1. The lowest BCUT2D eigenvalue weighted by Gasteiger charge is -2.12. The minimum absolute atomic E-state index is 0.131. The van der Waals surface area contributed by atoms with E-state index < -0.39 is 0 Å². The molecule has 1 heterocycles. The van der Waals surface area contributed by atoms with Crippen molar-refractivity contribution in [1.82, 2.24) is 4.98 Å². The van der Waals surface area contributed by atoms with Crippen molar-refractivity contribution in [3.8, 4) is 0 Å². The van der Waals surface area contributed by atoms with Gasteiger partial charge in [-0.3, -0.25) is 9.78 Å². The minimum atomic E-state index is -0.131. The zero-order valence-electron chi connectivity index (χ0n) is 13.3. The van der Waals surface area contributed by atoms with Gasteiger partial charge in [0, 0.05) is 21.7 Å². The summed E-state index contributed by atoms with van der Waals surface area (Å²) < 4.78 is 0. The highest BCUT2D eigenvalue weighted by molar-refractivity contribution is 6.32. The van der Waals surface area contributed by atoms with Crippen LogP contribution in [0.1, 0.15) is 27.2 Å². The first kappa shape index (κ1) is 15.5. The van der Waals surface area contributed by atoms with Crippen LogP contribution in [0, 0.1) is 20.8 Å². The number of benzene rings is 2. The van der Waals surface area contributed by atoms with Crippen molar-refractivity contribution in [2.24, 2.45) is 0 Å². The molecule has 23 heavy (non-hydrogen) atoms. The Hall–Kier alpha value is -2.39. The van der Waals surface area contributed by atoms with E-state index in [9.17, 15) is 4.79 Å². The summed E-state index contributed by atoms with van der Waals surface area (Å²) in [6.07, 6.45) is 0. The summed E-state index contributed by atoms with van der Waals surface area (Å²) in [6.45, 7) is 5.81. The molecule has 0 bridgehead atoms. The van der Waals surface area contributed by atoms with Gasteiger partial charge in [-0.25, -0.2) is 0 Å². The summed E-state index contributed by atoms with van der Waals surface area (Å²) in [7, 11) is 0. The second-order valence-electron chi connectivity index (χ2n) is 5.70. The van der Waals surface area contributed by atoms with Crippen LogP contribution in [0.2, 0.25) is 5.02 Å². The summed E-state index contributed by atoms with van der Waals surface area (Å²) in [6, 6.07) is 13.1. The van der Waals surface area contributed by atoms with Crippen molar-refractivity contribution in [1.29, 1.82) is 0 Å². The molecule has 3 rings (SSSR count). The summed E-state index contributed by atoms with van der Waals surface area (Å²) in [5, 5.41) is 4.55. The van der Waals surface area contributed by atoms with Crippen LogP contribution in [0.3, 0.4) is 0 Å². The molecular weight excluding hydrogens is 308 g/mol. The fourth-order valence-electron chi connectivity index (χ4n) is 2.62. The molecule has 4 heteroatoms. The van der Waals surface area contributed by atoms with Gasteiger partial charge in [0.25, 0.3) is 5.91 Å². The van der Waals surface area contributed by atoms with E-state index in [1.54, 1.807) is 6.07 Å². The van der Waals surface area contributed by atoms with Gasteiger partial charge in [-0.1, -0.05) is 29.3 Å². The van der Waals surface area contributed by atoms with Crippen molar-refractivity contribution in [3.05, 3.63) is 69.9 Å². The fourth-order valence-corrected chi connectivity index (χ4v) is 2.77. The lowest BCUT2D eigenvalue weighted by molar-refractivity contribution is 0.102. The number of nitrogens with zero attached hydrogens (tertiary/aromatic N) is 1. The van der Waals surface area contributed by atoms with E-state index in [1.165, 1.54) is 0 Å². The molecule has 0 spiro atoms. The molecule has 0 saturated carbocycles. The number of aryl methyl sites for hydroxylation is 3.